The lowest BCUT2D eigenvalue weighted by Crippen LogP contribution is -2.53. The van der Waals surface area contributed by atoms with Gasteiger partial charge >= 0.3 is 6.03 Å². The van der Waals surface area contributed by atoms with Crippen LogP contribution in [-0.4, -0.2) is 67.2 Å². The van der Waals surface area contributed by atoms with E-state index in [-0.39, 0.29) is 17.4 Å². The highest BCUT2D eigenvalue weighted by Crippen LogP contribution is 2.43. The van der Waals surface area contributed by atoms with E-state index in [2.05, 4.69) is 48.0 Å². The first kappa shape index (κ1) is 21.9. The van der Waals surface area contributed by atoms with E-state index in [1.165, 1.54) is 10.6 Å². The number of methoxy groups -OCH3 is 1. The maximum atomic E-state index is 13.3. The van der Waals surface area contributed by atoms with Crippen molar-refractivity contribution in [2.24, 2.45) is 11.3 Å². The van der Waals surface area contributed by atoms with Crippen LogP contribution in [0.4, 0.5) is 10.5 Å². The number of urea groups is 1. The molecule has 1 saturated carbocycles. The number of rotatable bonds is 4. The third-order valence-corrected chi connectivity index (χ3v) is 7.46. The van der Waals surface area contributed by atoms with E-state index < -0.39 is 5.54 Å². The molecule has 2 aliphatic heterocycles. The van der Waals surface area contributed by atoms with Gasteiger partial charge < -0.3 is 15.0 Å². The molecule has 3 amide bonds. The Balaban J connectivity index is 1.32. The fourth-order valence-corrected chi connectivity index (χ4v) is 5.26. The Labute approximate surface area is 185 Å². The molecule has 1 spiro atoms. The molecule has 1 aromatic carbocycles. The van der Waals surface area contributed by atoms with Crippen LogP contribution in [0.1, 0.15) is 46.5 Å². The predicted molar refractivity (Wildman–Crippen MR) is 121 cm³/mol. The minimum Gasteiger partial charge on any atom is -0.497 e. The summed E-state index contributed by atoms with van der Waals surface area (Å²) in [6, 6.07) is 7.87. The molecule has 0 bridgehead atoms. The average molecular weight is 429 g/mol. The van der Waals surface area contributed by atoms with Crippen LogP contribution < -0.4 is 15.0 Å². The smallest absolute Gasteiger partial charge is 0.326 e. The van der Waals surface area contributed by atoms with Gasteiger partial charge in [0.2, 0.25) is 0 Å². The molecule has 3 aliphatic rings. The number of amides is 3. The van der Waals surface area contributed by atoms with E-state index in [1.807, 2.05) is 12.1 Å². The van der Waals surface area contributed by atoms with Crippen LogP contribution in [0.15, 0.2) is 24.3 Å². The maximum Gasteiger partial charge on any atom is 0.326 e. The second-order valence-electron chi connectivity index (χ2n) is 10.3. The monoisotopic (exact) mass is 428 g/mol. The summed E-state index contributed by atoms with van der Waals surface area (Å²) in [4.78, 5) is 31.9. The molecular formula is C24H36N4O3. The number of carbonyl (C=O) groups is 2. The van der Waals surface area contributed by atoms with Crippen LogP contribution in [0, 0.1) is 11.3 Å². The van der Waals surface area contributed by atoms with E-state index >= 15 is 0 Å². The number of nitrogens with one attached hydrogen (secondary N) is 1. The summed E-state index contributed by atoms with van der Waals surface area (Å²) in [5.41, 5.74) is 0.741. The van der Waals surface area contributed by atoms with E-state index in [0.29, 0.717) is 12.6 Å². The van der Waals surface area contributed by atoms with Crippen LogP contribution in [0.25, 0.3) is 0 Å². The zero-order valence-corrected chi connectivity index (χ0v) is 19.3. The van der Waals surface area contributed by atoms with Crippen molar-refractivity contribution < 1.29 is 14.3 Å². The predicted octanol–water partition coefficient (Wildman–Crippen LogP) is 3.30. The number of hydrogen-bond acceptors (Lipinski definition) is 5. The Morgan fingerprint density at radius 3 is 2.19 bits per heavy atom. The third-order valence-electron chi connectivity index (χ3n) is 7.46. The van der Waals surface area contributed by atoms with Gasteiger partial charge in [0.25, 0.3) is 5.91 Å². The van der Waals surface area contributed by atoms with Crippen molar-refractivity contribution in [3.05, 3.63) is 24.3 Å². The van der Waals surface area contributed by atoms with Gasteiger partial charge in [0, 0.05) is 31.9 Å². The minimum absolute atomic E-state index is 0.0255. The molecule has 3 fully saturated rings. The van der Waals surface area contributed by atoms with Crippen LogP contribution in [0.2, 0.25) is 0 Å². The molecule has 31 heavy (non-hydrogen) atoms. The molecule has 170 valence electrons. The second-order valence-corrected chi connectivity index (χ2v) is 10.3. The van der Waals surface area contributed by atoms with Gasteiger partial charge in [0.05, 0.1) is 13.8 Å². The Kier molecular flexibility index (Phi) is 5.90. The van der Waals surface area contributed by atoms with Crippen LogP contribution in [0.3, 0.4) is 0 Å². The lowest BCUT2D eigenvalue weighted by Gasteiger charge is -2.41. The lowest BCUT2D eigenvalue weighted by atomic mass is 9.67. The number of imide groups is 1. The molecule has 7 heteroatoms. The zero-order valence-electron chi connectivity index (χ0n) is 19.3. The van der Waals surface area contributed by atoms with Gasteiger partial charge in [-0.3, -0.25) is 9.69 Å². The molecular weight excluding hydrogens is 392 g/mol. The normalized spacial score (nSPS) is 27.7. The Hall–Kier alpha value is -2.28. The number of piperazine rings is 1. The number of hydrogen-bond donors (Lipinski definition) is 1. The van der Waals surface area contributed by atoms with Crippen molar-refractivity contribution in [2.75, 3.05) is 44.9 Å². The number of carbonyl (C=O) groups excluding carboxylic acids is 2. The summed E-state index contributed by atoms with van der Waals surface area (Å²) >= 11 is 0. The van der Waals surface area contributed by atoms with Gasteiger partial charge in [0.1, 0.15) is 11.3 Å². The van der Waals surface area contributed by atoms with Crippen molar-refractivity contribution >= 4 is 17.6 Å². The van der Waals surface area contributed by atoms with Crippen LogP contribution in [-0.2, 0) is 4.79 Å². The van der Waals surface area contributed by atoms with Gasteiger partial charge in [-0.05, 0) is 61.3 Å². The highest BCUT2D eigenvalue weighted by atomic mass is 16.5. The lowest BCUT2D eigenvalue weighted by molar-refractivity contribution is -0.134. The molecule has 1 N–H and O–H groups in total. The van der Waals surface area contributed by atoms with Gasteiger partial charge in [-0.2, -0.15) is 0 Å². The first-order valence-electron chi connectivity index (χ1n) is 11.5. The second kappa shape index (κ2) is 8.34. The zero-order chi connectivity index (χ0) is 22.2. The van der Waals surface area contributed by atoms with Crippen LogP contribution in [0.5, 0.6) is 5.75 Å². The highest BCUT2D eigenvalue weighted by Gasteiger charge is 2.53. The maximum absolute atomic E-state index is 13.3. The topological polar surface area (TPSA) is 65.1 Å². The van der Waals surface area contributed by atoms with Crippen molar-refractivity contribution in [1.29, 1.82) is 0 Å². The molecule has 1 aliphatic carbocycles. The molecule has 7 nitrogen and oxygen atoms in total. The minimum atomic E-state index is -0.677. The largest absolute Gasteiger partial charge is 0.497 e. The molecule has 2 heterocycles. The van der Waals surface area contributed by atoms with Crippen molar-refractivity contribution in [2.45, 2.75) is 52.0 Å². The van der Waals surface area contributed by atoms with Crippen molar-refractivity contribution in [3.63, 3.8) is 0 Å². The quantitative estimate of drug-likeness (QED) is 0.746. The number of benzene rings is 1. The van der Waals surface area contributed by atoms with E-state index in [0.717, 1.165) is 57.6 Å². The molecule has 0 aromatic heterocycles. The van der Waals surface area contributed by atoms with E-state index in [9.17, 15) is 9.59 Å². The first-order chi connectivity index (χ1) is 14.7. The van der Waals surface area contributed by atoms with Gasteiger partial charge in [-0.25, -0.2) is 9.69 Å². The highest BCUT2D eigenvalue weighted by molar-refractivity contribution is 6.07. The molecule has 0 radical (unpaired) electrons. The molecule has 4 rings (SSSR count). The summed E-state index contributed by atoms with van der Waals surface area (Å²) in [5.74, 6) is 1.43. The van der Waals surface area contributed by atoms with Crippen molar-refractivity contribution in [3.8, 4) is 5.75 Å². The summed E-state index contributed by atoms with van der Waals surface area (Å²) in [7, 11) is 1.67. The van der Waals surface area contributed by atoms with Crippen molar-refractivity contribution in [1.82, 2.24) is 15.1 Å². The Morgan fingerprint density at radius 1 is 1.03 bits per heavy atom. The van der Waals surface area contributed by atoms with Gasteiger partial charge in [-0.15, -0.1) is 0 Å². The number of ether oxygens (including phenoxy) is 1. The number of nitrogens with zero attached hydrogens (tertiary/aromatic N) is 3. The van der Waals surface area contributed by atoms with Gasteiger partial charge in [-0.1, -0.05) is 20.8 Å². The summed E-state index contributed by atoms with van der Waals surface area (Å²) in [6.07, 6.45) is 3.48. The molecule has 1 aromatic rings. The molecule has 0 atom stereocenters. The Bertz CT molecular complexity index is 801. The van der Waals surface area contributed by atoms with E-state index in [4.69, 9.17) is 4.74 Å². The average Bonchev–Trinajstić information content (AvgIpc) is 2.98. The summed E-state index contributed by atoms with van der Waals surface area (Å²) in [5, 5.41) is 3.06. The van der Waals surface area contributed by atoms with Crippen LogP contribution >= 0.6 is 0 Å². The number of anilines is 1. The van der Waals surface area contributed by atoms with E-state index in [1.54, 1.807) is 7.11 Å². The van der Waals surface area contributed by atoms with Gasteiger partial charge in [0.15, 0.2) is 0 Å². The fraction of sp³-hybridized carbons (Fsp3) is 0.667. The standard InChI is InChI=1S/C24H36N4O3/c1-23(2,3)18-9-11-24(12-10-18)21(29)28(22(30)25-24)17-26-13-15-27(16-14-26)19-5-7-20(31-4)8-6-19/h5-8,18H,9-17H2,1-4H3,(H,25,30). The summed E-state index contributed by atoms with van der Waals surface area (Å²) < 4.78 is 5.24. The molecule has 2 saturated heterocycles. The Morgan fingerprint density at radius 2 is 1.65 bits per heavy atom. The molecule has 0 unspecified atom stereocenters. The third kappa shape index (κ3) is 4.38. The SMILES string of the molecule is COc1ccc(N2CCN(CN3C(=O)NC4(CCC(C(C)(C)C)CC4)C3=O)CC2)cc1. The fourth-order valence-electron chi connectivity index (χ4n) is 5.26. The first-order valence-corrected chi connectivity index (χ1v) is 11.5. The summed E-state index contributed by atoms with van der Waals surface area (Å²) in [6.45, 7) is 10.6.